The molecule has 204 valence electrons. The Kier molecular flexibility index (Phi) is 11.9. The minimum absolute atomic E-state index is 0.0220. The van der Waals surface area contributed by atoms with Crippen LogP contribution >= 0.6 is 0 Å². The fraction of sp³-hybridized carbons (Fsp3) is 0.690. The molecule has 1 aromatic carbocycles. The molecule has 3 amide bonds. The number of amides is 3. The van der Waals surface area contributed by atoms with Gasteiger partial charge in [0.05, 0.1) is 0 Å². The molecule has 0 spiro atoms. The summed E-state index contributed by atoms with van der Waals surface area (Å²) in [6.07, 6.45) is 1.57. The maximum Gasteiger partial charge on any atom is 0.408 e. The first-order valence-corrected chi connectivity index (χ1v) is 13.3. The van der Waals surface area contributed by atoms with Crippen molar-refractivity contribution < 1.29 is 19.1 Å². The highest BCUT2D eigenvalue weighted by Crippen LogP contribution is 2.29. The smallest absolute Gasteiger partial charge is 0.408 e. The van der Waals surface area contributed by atoms with Gasteiger partial charge < -0.3 is 20.3 Å². The molecule has 0 saturated heterocycles. The van der Waals surface area contributed by atoms with Gasteiger partial charge in [-0.25, -0.2) is 4.79 Å². The molecule has 0 aliphatic rings. The largest absolute Gasteiger partial charge is 0.444 e. The summed E-state index contributed by atoms with van der Waals surface area (Å²) in [7, 11) is 0. The van der Waals surface area contributed by atoms with Crippen LogP contribution in [0.2, 0.25) is 0 Å². The molecule has 3 atom stereocenters. The molecule has 0 aliphatic heterocycles. The van der Waals surface area contributed by atoms with Crippen LogP contribution in [0.15, 0.2) is 18.2 Å². The maximum atomic E-state index is 14.1. The van der Waals surface area contributed by atoms with Crippen molar-refractivity contribution >= 4 is 17.9 Å². The van der Waals surface area contributed by atoms with Gasteiger partial charge in [0.1, 0.15) is 17.7 Å². The van der Waals surface area contributed by atoms with Gasteiger partial charge in [-0.15, -0.1) is 0 Å². The van der Waals surface area contributed by atoms with E-state index < -0.39 is 23.8 Å². The number of benzene rings is 1. The number of nitrogens with one attached hydrogen (secondary N) is 2. The minimum Gasteiger partial charge on any atom is -0.444 e. The number of aryl methyl sites for hydroxylation is 2. The summed E-state index contributed by atoms with van der Waals surface area (Å²) in [5.41, 5.74) is 2.12. The van der Waals surface area contributed by atoms with E-state index in [1.54, 1.807) is 25.7 Å². The van der Waals surface area contributed by atoms with Crippen molar-refractivity contribution in [3.8, 4) is 0 Å². The molecule has 1 aromatic rings. The van der Waals surface area contributed by atoms with E-state index in [0.29, 0.717) is 6.42 Å². The molecule has 1 rings (SSSR count). The number of alkyl carbamates (subject to hydrolysis) is 1. The first kappa shape index (κ1) is 31.5. The zero-order chi connectivity index (χ0) is 27.8. The van der Waals surface area contributed by atoms with Gasteiger partial charge in [-0.2, -0.15) is 0 Å². The van der Waals surface area contributed by atoms with Crippen molar-refractivity contribution in [2.75, 3.05) is 0 Å². The van der Waals surface area contributed by atoms with Crippen LogP contribution < -0.4 is 10.6 Å². The van der Waals surface area contributed by atoms with E-state index in [4.69, 9.17) is 4.74 Å². The molecule has 36 heavy (non-hydrogen) atoms. The molecule has 0 radical (unpaired) electrons. The summed E-state index contributed by atoms with van der Waals surface area (Å²) in [6, 6.07) is 3.96. The predicted molar refractivity (Wildman–Crippen MR) is 146 cm³/mol. The maximum absolute atomic E-state index is 14.1. The van der Waals surface area contributed by atoms with Crippen molar-refractivity contribution in [2.45, 2.75) is 125 Å². The van der Waals surface area contributed by atoms with Crippen LogP contribution in [0.4, 0.5) is 4.79 Å². The lowest BCUT2D eigenvalue weighted by Crippen LogP contribution is -2.56. The molecule has 0 aromatic heterocycles. The van der Waals surface area contributed by atoms with E-state index in [9.17, 15) is 14.4 Å². The lowest BCUT2D eigenvalue weighted by atomic mass is 9.94. The third-order valence-corrected chi connectivity index (χ3v) is 5.86. The van der Waals surface area contributed by atoms with Gasteiger partial charge in [0.2, 0.25) is 11.8 Å². The molecule has 0 aliphatic carbocycles. The van der Waals surface area contributed by atoms with Gasteiger partial charge in [-0.3, -0.25) is 9.59 Å². The van der Waals surface area contributed by atoms with E-state index in [2.05, 4.69) is 17.6 Å². The van der Waals surface area contributed by atoms with Gasteiger partial charge in [-0.05, 0) is 85.3 Å². The standard InChI is InChI=1S/C29H49N3O4/c1-12-13-22(8)30-26(33)25(23-15-14-20(6)17-21(23)7)32(19(4)5)27(34)24(16-18(2)3)31-28(35)36-29(9,10)11/h14-15,17-19,22,24-25H,12-13,16H2,1-11H3,(H,30,33)(H,31,35). The third kappa shape index (κ3) is 9.82. The molecule has 0 bridgehead atoms. The topological polar surface area (TPSA) is 87.7 Å². The van der Waals surface area contributed by atoms with Crippen LogP contribution in [-0.4, -0.2) is 46.5 Å². The Morgan fingerprint density at radius 1 is 1.00 bits per heavy atom. The molecular formula is C29H49N3O4. The van der Waals surface area contributed by atoms with E-state index in [0.717, 1.165) is 29.5 Å². The Labute approximate surface area is 218 Å². The lowest BCUT2D eigenvalue weighted by molar-refractivity contribution is -0.145. The summed E-state index contributed by atoms with van der Waals surface area (Å²) >= 11 is 0. The van der Waals surface area contributed by atoms with Gasteiger partial charge >= 0.3 is 6.09 Å². The lowest BCUT2D eigenvalue weighted by Gasteiger charge is -2.38. The number of carbonyl (C=O) groups excluding carboxylic acids is 3. The first-order chi connectivity index (χ1) is 16.6. The summed E-state index contributed by atoms with van der Waals surface area (Å²) in [5, 5.41) is 5.90. The number of rotatable bonds is 11. The average Bonchev–Trinajstić information content (AvgIpc) is 2.69. The summed E-state index contributed by atoms with van der Waals surface area (Å²) in [6.45, 7) is 21.2. The van der Waals surface area contributed by atoms with Gasteiger partial charge in [0.15, 0.2) is 0 Å². The Morgan fingerprint density at radius 2 is 1.61 bits per heavy atom. The number of carbonyl (C=O) groups is 3. The number of ether oxygens (including phenoxy) is 1. The van der Waals surface area contributed by atoms with Crippen LogP contribution in [0, 0.1) is 19.8 Å². The third-order valence-electron chi connectivity index (χ3n) is 5.86. The van der Waals surface area contributed by atoms with Gasteiger partial charge in [0, 0.05) is 12.1 Å². The molecular weight excluding hydrogens is 454 g/mol. The average molecular weight is 504 g/mol. The number of hydrogen-bond donors (Lipinski definition) is 2. The van der Waals surface area contributed by atoms with Gasteiger partial charge in [-0.1, -0.05) is 51.0 Å². The first-order valence-electron chi connectivity index (χ1n) is 13.3. The molecule has 7 nitrogen and oxygen atoms in total. The van der Waals surface area contributed by atoms with Crippen LogP contribution in [0.1, 0.15) is 104 Å². The van der Waals surface area contributed by atoms with Crippen LogP contribution in [0.3, 0.4) is 0 Å². The Bertz CT molecular complexity index is 889. The zero-order valence-corrected chi connectivity index (χ0v) is 24.3. The quantitative estimate of drug-likeness (QED) is 0.398. The van der Waals surface area contributed by atoms with Crippen LogP contribution in [0.5, 0.6) is 0 Å². The molecule has 3 unspecified atom stereocenters. The molecule has 0 heterocycles. The van der Waals surface area contributed by atoms with Crippen molar-refractivity contribution in [2.24, 2.45) is 5.92 Å². The fourth-order valence-electron chi connectivity index (χ4n) is 4.38. The normalized spacial score (nSPS) is 14.2. The van der Waals surface area contributed by atoms with Crippen LogP contribution in [-0.2, 0) is 14.3 Å². The predicted octanol–water partition coefficient (Wildman–Crippen LogP) is 5.83. The Hall–Kier alpha value is -2.57. The number of hydrogen-bond acceptors (Lipinski definition) is 4. The molecule has 2 N–H and O–H groups in total. The van der Waals surface area contributed by atoms with E-state index >= 15 is 0 Å². The SMILES string of the molecule is CCCC(C)NC(=O)C(c1ccc(C)cc1C)N(C(=O)C(CC(C)C)NC(=O)OC(C)(C)C)C(C)C. The van der Waals surface area contributed by atoms with Crippen molar-refractivity contribution in [1.82, 2.24) is 15.5 Å². The second kappa shape index (κ2) is 13.7. The number of nitrogens with zero attached hydrogens (tertiary/aromatic N) is 1. The van der Waals surface area contributed by atoms with E-state index in [1.165, 1.54) is 0 Å². The monoisotopic (exact) mass is 503 g/mol. The second-order valence-corrected chi connectivity index (χ2v) is 11.6. The second-order valence-electron chi connectivity index (χ2n) is 11.6. The van der Waals surface area contributed by atoms with E-state index in [-0.39, 0.29) is 29.8 Å². The Morgan fingerprint density at radius 3 is 2.08 bits per heavy atom. The van der Waals surface area contributed by atoms with Gasteiger partial charge in [0.25, 0.3) is 0 Å². The van der Waals surface area contributed by atoms with E-state index in [1.807, 2.05) is 66.7 Å². The molecule has 0 fully saturated rings. The minimum atomic E-state index is -0.826. The summed E-state index contributed by atoms with van der Waals surface area (Å²) < 4.78 is 5.44. The fourth-order valence-corrected chi connectivity index (χ4v) is 4.38. The van der Waals surface area contributed by atoms with Crippen molar-refractivity contribution in [1.29, 1.82) is 0 Å². The van der Waals surface area contributed by atoms with Crippen LogP contribution in [0.25, 0.3) is 0 Å². The highest BCUT2D eigenvalue weighted by atomic mass is 16.6. The highest BCUT2D eigenvalue weighted by molar-refractivity contribution is 5.92. The summed E-state index contributed by atoms with van der Waals surface area (Å²) in [4.78, 5) is 42.1. The molecule has 0 saturated carbocycles. The highest BCUT2D eigenvalue weighted by Gasteiger charge is 2.38. The van der Waals surface area contributed by atoms with Crippen molar-refractivity contribution in [3.63, 3.8) is 0 Å². The molecule has 7 heteroatoms. The van der Waals surface area contributed by atoms with Crippen molar-refractivity contribution in [3.05, 3.63) is 34.9 Å². The summed E-state index contributed by atoms with van der Waals surface area (Å²) in [5.74, 6) is -0.376. The Balaban J connectivity index is 3.53. The zero-order valence-electron chi connectivity index (χ0n) is 24.3.